The van der Waals surface area contributed by atoms with E-state index >= 15 is 0 Å². The third-order valence-electron chi connectivity index (χ3n) is 2.63. The van der Waals surface area contributed by atoms with E-state index in [1.54, 1.807) is 4.90 Å². The second-order valence-corrected chi connectivity index (χ2v) is 4.50. The van der Waals surface area contributed by atoms with Gasteiger partial charge < -0.3 is 15.7 Å². The fourth-order valence-corrected chi connectivity index (χ4v) is 1.73. The number of rotatable bonds is 5. The van der Waals surface area contributed by atoms with Crippen molar-refractivity contribution in [2.75, 3.05) is 23.8 Å². The van der Waals surface area contributed by atoms with E-state index < -0.39 is 11.7 Å². The molecule has 0 saturated carbocycles. The summed E-state index contributed by atoms with van der Waals surface area (Å²) in [5.41, 5.74) is 4.62. The monoisotopic (exact) mass is 277 g/mol. The van der Waals surface area contributed by atoms with Crippen LogP contribution in [0.3, 0.4) is 0 Å². The maximum absolute atomic E-state index is 12.7. The van der Waals surface area contributed by atoms with Crippen molar-refractivity contribution in [3.63, 3.8) is 0 Å². The number of aromatic nitrogens is 1. The zero-order chi connectivity index (χ0) is 14.6. The Bertz CT molecular complexity index is 421. The van der Waals surface area contributed by atoms with Gasteiger partial charge in [-0.05, 0) is 32.4 Å². The molecule has 0 spiro atoms. The Morgan fingerprint density at radius 2 is 2.00 bits per heavy atom. The summed E-state index contributed by atoms with van der Waals surface area (Å²) in [5.74, 6) is 0.00949. The normalized spacial score (nSPS) is 11.9. The van der Waals surface area contributed by atoms with E-state index in [0.717, 1.165) is 12.1 Å². The first-order valence-electron chi connectivity index (χ1n) is 5.98. The Morgan fingerprint density at radius 1 is 1.37 bits per heavy atom. The standard InChI is InChI=1S/C12H18F3N3O/c1-8(2)18(4-3-5-19)11-7-9(12(13,14)15)6-10(16)17-11/h6-8,19H,3-5H2,1-2H3,(H2,16,17). The highest BCUT2D eigenvalue weighted by molar-refractivity contribution is 5.49. The van der Waals surface area contributed by atoms with Crippen LogP contribution < -0.4 is 10.6 Å². The fraction of sp³-hybridized carbons (Fsp3) is 0.583. The quantitative estimate of drug-likeness (QED) is 0.866. The van der Waals surface area contributed by atoms with Crippen LogP contribution in [-0.2, 0) is 6.18 Å². The van der Waals surface area contributed by atoms with E-state index in [2.05, 4.69) is 4.98 Å². The molecule has 108 valence electrons. The molecule has 0 atom stereocenters. The van der Waals surface area contributed by atoms with Crippen molar-refractivity contribution >= 4 is 11.6 Å². The zero-order valence-corrected chi connectivity index (χ0v) is 10.9. The second kappa shape index (κ2) is 6.10. The molecule has 0 radical (unpaired) electrons. The summed E-state index contributed by atoms with van der Waals surface area (Å²) in [5, 5.41) is 8.83. The number of hydrogen-bond acceptors (Lipinski definition) is 4. The molecule has 19 heavy (non-hydrogen) atoms. The van der Waals surface area contributed by atoms with Crippen molar-refractivity contribution in [2.45, 2.75) is 32.5 Å². The highest BCUT2D eigenvalue weighted by atomic mass is 19.4. The van der Waals surface area contributed by atoms with Crippen LogP contribution in [0.4, 0.5) is 24.8 Å². The topological polar surface area (TPSA) is 62.4 Å². The Labute approximate surface area is 110 Å². The summed E-state index contributed by atoms with van der Waals surface area (Å²) < 4.78 is 38.2. The average molecular weight is 277 g/mol. The van der Waals surface area contributed by atoms with Crippen LogP contribution in [0.5, 0.6) is 0 Å². The van der Waals surface area contributed by atoms with Crippen LogP contribution in [0, 0.1) is 0 Å². The number of aliphatic hydroxyl groups is 1. The van der Waals surface area contributed by atoms with Crippen LogP contribution >= 0.6 is 0 Å². The molecule has 4 nitrogen and oxygen atoms in total. The van der Waals surface area contributed by atoms with Gasteiger partial charge in [0.1, 0.15) is 11.6 Å². The number of nitrogens with zero attached hydrogens (tertiary/aromatic N) is 2. The Balaban J connectivity index is 3.12. The summed E-state index contributed by atoms with van der Waals surface area (Å²) in [6, 6.07) is 1.75. The molecule has 1 rings (SSSR count). The van der Waals surface area contributed by atoms with Gasteiger partial charge in [-0.1, -0.05) is 0 Å². The Morgan fingerprint density at radius 3 is 2.47 bits per heavy atom. The molecule has 0 unspecified atom stereocenters. The highest BCUT2D eigenvalue weighted by Gasteiger charge is 2.32. The third-order valence-corrected chi connectivity index (χ3v) is 2.63. The molecule has 0 aliphatic heterocycles. The number of pyridine rings is 1. The van der Waals surface area contributed by atoms with Crippen molar-refractivity contribution in [1.82, 2.24) is 4.98 Å². The number of nitrogens with two attached hydrogens (primary N) is 1. The molecular formula is C12H18F3N3O. The van der Waals surface area contributed by atoms with E-state index in [9.17, 15) is 13.2 Å². The third kappa shape index (κ3) is 4.27. The predicted molar refractivity (Wildman–Crippen MR) is 67.8 cm³/mol. The lowest BCUT2D eigenvalue weighted by molar-refractivity contribution is -0.137. The van der Waals surface area contributed by atoms with Gasteiger partial charge in [0, 0.05) is 19.2 Å². The minimum atomic E-state index is -4.45. The molecule has 0 fully saturated rings. The molecule has 1 aromatic rings. The van der Waals surface area contributed by atoms with Gasteiger partial charge >= 0.3 is 6.18 Å². The number of anilines is 2. The molecular weight excluding hydrogens is 259 g/mol. The van der Waals surface area contributed by atoms with Crippen molar-refractivity contribution < 1.29 is 18.3 Å². The number of alkyl halides is 3. The minimum absolute atomic E-state index is 0.0301. The van der Waals surface area contributed by atoms with E-state index in [4.69, 9.17) is 10.8 Å². The molecule has 0 saturated heterocycles. The predicted octanol–water partition coefficient (Wildman–Crippen LogP) is 2.28. The summed E-state index contributed by atoms with van der Waals surface area (Å²) in [6.45, 7) is 4.07. The van der Waals surface area contributed by atoms with Gasteiger partial charge in [-0.3, -0.25) is 0 Å². The Kier molecular flexibility index (Phi) is 4.99. The average Bonchev–Trinajstić information content (AvgIpc) is 2.27. The van der Waals surface area contributed by atoms with Crippen molar-refractivity contribution in [1.29, 1.82) is 0 Å². The molecule has 0 aromatic carbocycles. The van der Waals surface area contributed by atoms with Crippen molar-refractivity contribution in [3.8, 4) is 0 Å². The first-order valence-corrected chi connectivity index (χ1v) is 5.98. The Hall–Kier alpha value is -1.50. The fourth-order valence-electron chi connectivity index (χ4n) is 1.73. The minimum Gasteiger partial charge on any atom is -0.396 e. The van der Waals surface area contributed by atoms with E-state index in [-0.39, 0.29) is 24.3 Å². The summed E-state index contributed by atoms with van der Waals surface area (Å²) in [6.07, 6.45) is -4.00. The second-order valence-electron chi connectivity index (χ2n) is 4.50. The van der Waals surface area contributed by atoms with Crippen LogP contribution in [0.25, 0.3) is 0 Å². The number of halogens is 3. The van der Waals surface area contributed by atoms with E-state index in [1.807, 2.05) is 13.8 Å². The molecule has 0 amide bonds. The molecule has 0 aliphatic carbocycles. The largest absolute Gasteiger partial charge is 0.416 e. The van der Waals surface area contributed by atoms with Gasteiger partial charge in [0.2, 0.25) is 0 Å². The van der Waals surface area contributed by atoms with E-state index in [1.165, 1.54) is 0 Å². The smallest absolute Gasteiger partial charge is 0.396 e. The lowest BCUT2D eigenvalue weighted by atomic mass is 10.2. The molecule has 7 heteroatoms. The van der Waals surface area contributed by atoms with Gasteiger partial charge in [-0.25, -0.2) is 4.98 Å². The van der Waals surface area contributed by atoms with Crippen molar-refractivity contribution in [2.24, 2.45) is 0 Å². The number of aliphatic hydroxyl groups excluding tert-OH is 1. The number of nitrogen functional groups attached to an aromatic ring is 1. The molecule has 0 aliphatic rings. The van der Waals surface area contributed by atoms with Gasteiger partial charge in [-0.2, -0.15) is 13.2 Å². The summed E-state index contributed by atoms with van der Waals surface area (Å²) >= 11 is 0. The molecule has 0 bridgehead atoms. The lowest BCUT2D eigenvalue weighted by Crippen LogP contribution is -2.33. The van der Waals surface area contributed by atoms with Crippen LogP contribution in [0.1, 0.15) is 25.8 Å². The molecule has 1 heterocycles. The van der Waals surface area contributed by atoms with Gasteiger partial charge in [0.05, 0.1) is 5.56 Å². The van der Waals surface area contributed by atoms with E-state index in [0.29, 0.717) is 13.0 Å². The lowest BCUT2D eigenvalue weighted by Gasteiger charge is -2.28. The van der Waals surface area contributed by atoms with Gasteiger partial charge in [-0.15, -0.1) is 0 Å². The zero-order valence-electron chi connectivity index (χ0n) is 10.9. The SMILES string of the molecule is CC(C)N(CCCO)c1cc(C(F)(F)F)cc(N)n1. The van der Waals surface area contributed by atoms with Crippen LogP contribution in [0.2, 0.25) is 0 Å². The van der Waals surface area contributed by atoms with Crippen LogP contribution in [-0.4, -0.2) is 29.3 Å². The molecule has 3 N–H and O–H groups in total. The van der Waals surface area contributed by atoms with Crippen LogP contribution in [0.15, 0.2) is 12.1 Å². The summed E-state index contributed by atoms with van der Waals surface area (Å²) in [4.78, 5) is 5.63. The van der Waals surface area contributed by atoms with Gasteiger partial charge in [0.15, 0.2) is 0 Å². The summed E-state index contributed by atoms with van der Waals surface area (Å²) in [7, 11) is 0. The first-order chi connectivity index (χ1) is 8.75. The maximum Gasteiger partial charge on any atom is 0.416 e. The number of hydrogen-bond donors (Lipinski definition) is 2. The molecule has 1 aromatic heterocycles. The highest BCUT2D eigenvalue weighted by Crippen LogP contribution is 2.32. The van der Waals surface area contributed by atoms with Gasteiger partial charge in [0.25, 0.3) is 0 Å². The first kappa shape index (κ1) is 15.6. The van der Waals surface area contributed by atoms with Crippen molar-refractivity contribution in [3.05, 3.63) is 17.7 Å². The maximum atomic E-state index is 12.7.